The fourth-order valence-electron chi connectivity index (χ4n) is 3.77. The van der Waals surface area contributed by atoms with E-state index in [0.717, 1.165) is 24.2 Å². The van der Waals surface area contributed by atoms with Gasteiger partial charge in [-0.2, -0.15) is 4.98 Å². The number of hydrogen-bond donors (Lipinski definition) is 0. The van der Waals surface area contributed by atoms with Crippen molar-refractivity contribution >= 4 is 5.91 Å². The van der Waals surface area contributed by atoms with Crippen LogP contribution in [0.15, 0.2) is 47.0 Å². The average molecular weight is 405 g/mol. The first-order chi connectivity index (χ1) is 14.5. The molecule has 6 nitrogen and oxygen atoms in total. The van der Waals surface area contributed by atoms with Gasteiger partial charge < -0.3 is 14.2 Å². The first-order valence-electron chi connectivity index (χ1n) is 10.4. The fourth-order valence-corrected chi connectivity index (χ4v) is 3.77. The van der Waals surface area contributed by atoms with Crippen molar-refractivity contribution in [2.75, 3.05) is 7.05 Å². The summed E-state index contributed by atoms with van der Waals surface area (Å²) in [6.07, 6.45) is 4.06. The van der Waals surface area contributed by atoms with E-state index in [1.54, 1.807) is 18.9 Å². The highest BCUT2D eigenvalue weighted by Gasteiger charge is 2.22. The SMILES string of the molecule is Cc1ccc(-c2noc(CN(C)C(=O)C(C)Oc3ccc4c(c3)CCCC4)n2)cc1. The van der Waals surface area contributed by atoms with Crippen LogP contribution in [0.4, 0.5) is 0 Å². The lowest BCUT2D eigenvalue weighted by molar-refractivity contribution is -0.137. The van der Waals surface area contributed by atoms with Crippen molar-refractivity contribution in [2.45, 2.75) is 52.2 Å². The maximum absolute atomic E-state index is 12.8. The molecule has 0 fully saturated rings. The Morgan fingerprint density at radius 3 is 2.63 bits per heavy atom. The van der Waals surface area contributed by atoms with Gasteiger partial charge in [-0.05, 0) is 62.8 Å². The van der Waals surface area contributed by atoms with Crippen molar-refractivity contribution < 1.29 is 14.1 Å². The summed E-state index contributed by atoms with van der Waals surface area (Å²) in [5, 5.41) is 4.03. The number of rotatable bonds is 6. The molecule has 1 heterocycles. The molecule has 0 radical (unpaired) electrons. The largest absolute Gasteiger partial charge is 0.481 e. The Labute approximate surface area is 176 Å². The predicted octanol–water partition coefficient (Wildman–Crippen LogP) is 4.35. The van der Waals surface area contributed by atoms with E-state index in [9.17, 15) is 4.79 Å². The minimum atomic E-state index is -0.601. The topological polar surface area (TPSA) is 68.5 Å². The number of hydrogen-bond acceptors (Lipinski definition) is 5. The number of nitrogens with zero attached hydrogens (tertiary/aromatic N) is 3. The lowest BCUT2D eigenvalue weighted by Gasteiger charge is -2.22. The lowest BCUT2D eigenvalue weighted by Crippen LogP contribution is -2.37. The van der Waals surface area contributed by atoms with Gasteiger partial charge in [-0.15, -0.1) is 0 Å². The van der Waals surface area contributed by atoms with Gasteiger partial charge in [0.25, 0.3) is 5.91 Å². The average Bonchev–Trinajstić information content (AvgIpc) is 3.22. The molecule has 156 valence electrons. The first-order valence-corrected chi connectivity index (χ1v) is 10.4. The Kier molecular flexibility index (Phi) is 5.84. The van der Waals surface area contributed by atoms with Gasteiger partial charge in [0, 0.05) is 12.6 Å². The van der Waals surface area contributed by atoms with Crippen LogP contribution in [-0.2, 0) is 24.2 Å². The molecule has 2 aromatic carbocycles. The minimum Gasteiger partial charge on any atom is -0.481 e. The van der Waals surface area contributed by atoms with Crippen LogP contribution < -0.4 is 4.74 Å². The van der Waals surface area contributed by atoms with Crippen LogP contribution in [0.2, 0.25) is 0 Å². The molecule has 3 aromatic rings. The van der Waals surface area contributed by atoms with Crippen molar-refractivity contribution in [3.05, 3.63) is 65.0 Å². The van der Waals surface area contributed by atoms with E-state index >= 15 is 0 Å². The second kappa shape index (κ2) is 8.69. The molecule has 1 atom stereocenters. The van der Waals surface area contributed by atoms with Crippen molar-refractivity contribution in [2.24, 2.45) is 0 Å². The number of fused-ring (bicyclic) bond motifs is 1. The van der Waals surface area contributed by atoms with Crippen LogP contribution in [0, 0.1) is 6.92 Å². The Morgan fingerprint density at radius 2 is 1.87 bits per heavy atom. The van der Waals surface area contributed by atoms with Crippen LogP contribution in [0.3, 0.4) is 0 Å². The van der Waals surface area contributed by atoms with E-state index in [2.05, 4.69) is 22.3 Å². The van der Waals surface area contributed by atoms with E-state index in [4.69, 9.17) is 9.26 Å². The standard InChI is InChI=1S/C24H27N3O3/c1-16-8-10-19(11-9-16)23-25-22(30-26-23)15-27(3)24(28)17(2)29-21-13-12-18-6-4-5-7-20(18)14-21/h8-14,17H,4-7,15H2,1-3H3. The first kappa shape index (κ1) is 20.1. The minimum absolute atomic E-state index is 0.136. The second-order valence-corrected chi connectivity index (χ2v) is 7.97. The molecule has 4 rings (SSSR count). The fraction of sp³-hybridized carbons (Fsp3) is 0.375. The van der Waals surface area contributed by atoms with Gasteiger partial charge in [0.15, 0.2) is 6.10 Å². The number of aromatic nitrogens is 2. The highest BCUT2D eigenvalue weighted by atomic mass is 16.5. The predicted molar refractivity (Wildman–Crippen MR) is 114 cm³/mol. The maximum atomic E-state index is 12.8. The van der Waals surface area contributed by atoms with Gasteiger partial charge in [-0.1, -0.05) is 41.1 Å². The molecular formula is C24H27N3O3. The lowest BCUT2D eigenvalue weighted by atomic mass is 9.92. The summed E-state index contributed by atoms with van der Waals surface area (Å²) >= 11 is 0. The molecular weight excluding hydrogens is 378 g/mol. The summed E-state index contributed by atoms with van der Waals surface area (Å²) in [5.74, 6) is 1.51. The summed E-state index contributed by atoms with van der Waals surface area (Å²) in [4.78, 5) is 18.7. The van der Waals surface area contributed by atoms with Crippen LogP contribution in [0.5, 0.6) is 5.75 Å². The third-order valence-corrected chi connectivity index (χ3v) is 5.51. The molecule has 6 heteroatoms. The number of ether oxygens (including phenoxy) is 1. The van der Waals surface area contributed by atoms with Crippen LogP contribution >= 0.6 is 0 Å². The smallest absolute Gasteiger partial charge is 0.263 e. The number of carbonyl (C=O) groups excluding carboxylic acids is 1. The van der Waals surface area contributed by atoms with E-state index in [-0.39, 0.29) is 12.5 Å². The molecule has 1 aliphatic rings. The van der Waals surface area contributed by atoms with Crippen molar-refractivity contribution in [1.82, 2.24) is 15.0 Å². The molecule has 0 N–H and O–H groups in total. The van der Waals surface area contributed by atoms with Gasteiger partial charge >= 0.3 is 0 Å². The van der Waals surface area contributed by atoms with Crippen LogP contribution in [-0.4, -0.2) is 34.1 Å². The molecule has 0 bridgehead atoms. The third kappa shape index (κ3) is 4.53. The number of amides is 1. The molecule has 0 saturated heterocycles. The van der Waals surface area contributed by atoms with E-state index in [0.29, 0.717) is 11.7 Å². The quantitative estimate of drug-likeness (QED) is 0.610. The van der Waals surface area contributed by atoms with E-state index in [1.807, 2.05) is 37.3 Å². The Bertz CT molecular complexity index is 1030. The van der Waals surface area contributed by atoms with Gasteiger partial charge in [0.2, 0.25) is 11.7 Å². The zero-order chi connectivity index (χ0) is 21.1. The van der Waals surface area contributed by atoms with Gasteiger partial charge in [-0.3, -0.25) is 4.79 Å². The summed E-state index contributed by atoms with van der Waals surface area (Å²) in [6.45, 7) is 4.03. The molecule has 1 amide bonds. The molecule has 0 spiro atoms. The molecule has 1 aromatic heterocycles. The van der Waals surface area contributed by atoms with Crippen molar-refractivity contribution in [1.29, 1.82) is 0 Å². The molecule has 1 unspecified atom stereocenters. The number of benzene rings is 2. The summed E-state index contributed by atoms with van der Waals surface area (Å²) in [7, 11) is 1.71. The Morgan fingerprint density at radius 1 is 1.13 bits per heavy atom. The summed E-state index contributed by atoms with van der Waals surface area (Å²) in [5.41, 5.74) is 4.78. The molecule has 1 aliphatic carbocycles. The Hall–Kier alpha value is -3.15. The number of aryl methyl sites for hydroxylation is 3. The van der Waals surface area contributed by atoms with Gasteiger partial charge in [-0.25, -0.2) is 0 Å². The van der Waals surface area contributed by atoms with Crippen molar-refractivity contribution in [3.8, 4) is 17.1 Å². The van der Waals surface area contributed by atoms with E-state index < -0.39 is 6.10 Å². The van der Waals surface area contributed by atoms with Crippen LogP contribution in [0.25, 0.3) is 11.4 Å². The number of likely N-dealkylation sites (N-methyl/N-ethyl adjacent to an activating group) is 1. The highest BCUT2D eigenvalue weighted by Crippen LogP contribution is 2.26. The molecule has 0 aliphatic heterocycles. The van der Waals surface area contributed by atoms with Crippen LogP contribution in [0.1, 0.15) is 42.3 Å². The highest BCUT2D eigenvalue weighted by molar-refractivity contribution is 5.80. The maximum Gasteiger partial charge on any atom is 0.263 e. The number of carbonyl (C=O) groups is 1. The summed E-state index contributed by atoms with van der Waals surface area (Å²) in [6, 6.07) is 14.1. The monoisotopic (exact) mass is 405 g/mol. The zero-order valence-corrected chi connectivity index (χ0v) is 17.7. The summed E-state index contributed by atoms with van der Waals surface area (Å²) < 4.78 is 11.3. The van der Waals surface area contributed by atoms with Crippen molar-refractivity contribution in [3.63, 3.8) is 0 Å². The van der Waals surface area contributed by atoms with Gasteiger partial charge in [0.05, 0.1) is 6.54 Å². The third-order valence-electron chi connectivity index (χ3n) is 5.51. The van der Waals surface area contributed by atoms with E-state index in [1.165, 1.54) is 29.5 Å². The molecule has 30 heavy (non-hydrogen) atoms. The normalized spacial score (nSPS) is 14.1. The molecule has 0 saturated carbocycles. The second-order valence-electron chi connectivity index (χ2n) is 7.97. The zero-order valence-electron chi connectivity index (χ0n) is 17.7. The Balaban J connectivity index is 1.37. The van der Waals surface area contributed by atoms with Gasteiger partial charge in [0.1, 0.15) is 5.75 Å².